The quantitative estimate of drug-likeness (QED) is 0.496. The number of carbonyl (C=O) groups excluding carboxylic acids is 1. The number of carbonyl (C=O) groups is 1. The van der Waals surface area contributed by atoms with Crippen LogP contribution in [0.4, 0.5) is 0 Å². The van der Waals surface area contributed by atoms with Crippen LogP contribution in [-0.2, 0) is 21.4 Å². The Labute approximate surface area is 201 Å². The average molecular weight is 510 g/mol. The van der Waals surface area contributed by atoms with E-state index in [0.717, 1.165) is 21.5 Å². The summed E-state index contributed by atoms with van der Waals surface area (Å²) in [5.74, 6) is 0.446. The molecule has 3 aromatic rings. The third-order valence-corrected chi connectivity index (χ3v) is 9.28. The number of halogens is 1. The van der Waals surface area contributed by atoms with Crippen LogP contribution in [0.25, 0.3) is 10.2 Å². The molecule has 0 saturated carbocycles. The van der Waals surface area contributed by atoms with Gasteiger partial charge < -0.3 is 4.57 Å². The van der Waals surface area contributed by atoms with Gasteiger partial charge in [-0.1, -0.05) is 40.6 Å². The van der Waals surface area contributed by atoms with Gasteiger partial charge in [0.2, 0.25) is 10.0 Å². The van der Waals surface area contributed by atoms with Crippen molar-refractivity contribution in [3.8, 4) is 0 Å². The molecular formula is C22H24ClN3O3S3. The molecule has 1 aromatic heterocycles. The normalized spacial score (nSPS) is 18.0. The maximum atomic E-state index is 13.2. The lowest BCUT2D eigenvalue weighted by molar-refractivity contribution is -0.121. The van der Waals surface area contributed by atoms with Crippen molar-refractivity contribution in [1.29, 1.82) is 0 Å². The summed E-state index contributed by atoms with van der Waals surface area (Å²) in [4.78, 5) is 18.4. The summed E-state index contributed by atoms with van der Waals surface area (Å²) in [7, 11) is -3.77. The summed E-state index contributed by atoms with van der Waals surface area (Å²) >= 11 is 9.26. The topological polar surface area (TPSA) is 71.7 Å². The maximum Gasteiger partial charge on any atom is 0.266 e. The zero-order valence-corrected chi connectivity index (χ0v) is 21.0. The number of hydrogen-bond acceptors (Lipinski definition) is 5. The van der Waals surface area contributed by atoms with Gasteiger partial charge in [0.25, 0.3) is 5.91 Å². The van der Waals surface area contributed by atoms with Gasteiger partial charge in [0.15, 0.2) is 4.80 Å². The van der Waals surface area contributed by atoms with Gasteiger partial charge in [-0.15, -0.1) is 0 Å². The number of fused-ring (bicyclic) bond motifs is 1. The number of thioether (sulfide) groups is 1. The number of aromatic nitrogens is 1. The highest BCUT2D eigenvalue weighted by Gasteiger charge is 2.39. The minimum atomic E-state index is -3.77. The van der Waals surface area contributed by atoms with E-state index >= 15 is 0 Å². The number of rotatable bonds is 6. The van der Waals surface area contributed by atoms with Gasteiger partial charge in [0.1, 0.15) is 6.04 Å². The van der Waals surface area contributed by atoms with E-state index < -0.39 is 22.0 Å². The van der Waals surface area contributed by atoms with E-state index in [-0.39, 0.29) is 4.90 Å². The van der Waals surface area contributed by atoms with Crippen LogP contribution >= 0.6 is 34.7 Å². The predicted molar refractivity (Wildman–Crippen MR) is 132 cm³/mol. The lowest BCUT2D eigenvalue weighted by Crippen LogP contribution is -2.40. The standard InChI is InChI=1S/C22H24ClN3O3S3/c1-15-5-8-17(9-6-15)32(28,29)26-11-3-4-19(26)21(27)24-22-25(12-13-30-2)18-10-7-16(23)14-20(18)31-22/h5-10,14,19H,3-4,11-13H2,1-2H3. The number of amides is 1. The van der Waals surface area contributed by atoms with Crippen molar-refractivity contribution in [1.82, 2.24) is 8.87 Å². The van der Waals surface area contributed by atoms with Crippen LogP contribution in [0, 0.1) is 6.92 Å². The van der Waals surface area contributed by atoms with E-state index in [1.165, 1.54) is 15.6 Å². The van der Waals surface area contributed by atoms with E-state index in [4.69, 9.17) is 11.6 Å². The van der Waals surface area contributed by atoms with Crippen molar-refractivity contribution in [2.45, 2.75) is 37.2 Å². The minimum absolute atomic E-state index is 0.203. The Balaban J connectivity index is 1.71. The average Bonchev–Trinajstić information content (AvgIpc) is 3.37. The molecule has 170 valence electrons. The minimum Gasteiger partial charge on any atom is -0.316 e. The van der Waals surface area contributed by atoms with Crippen LogP contribution in [0.5, 0.6) is 0 Å². The number of sulfonamides is 1. The first kappa shape index (κ1) is 23.5. The Morgan fingerprint density at radius 2 is 2.00 bits per heavy atom. The molecule has 4 rings (SSSR count). The second kappa shape index (κ2) is 9.69. The van der Waals surface area contributed by atoms with Crippen LogP contribution in [0.2, 0.25) is 5.02 Å². The zero-order valence-electron chi connectivity index (χ0n) is 17.8. The molecule has 32 heavy (non-hydrogen) atoms. The summed E-state index contributed by atoms with van der Waals surface area (Å²) in [6, 6.07) is 11.5. The molecule has 1 amide bonds. The number of nitrogens with zero attached hydrogens (tertiary/aromatic N) is 3. The van der Waals surface area contributed by atoms with E-state index in [2.05, 4.69) is 4.99 Å². The van der Waals surface area contributed by atoms with Gasteiger partial charge in [-0.2, -0.15) is 21.1 Å². The molecule has 1 fully saturated rings. The molecular weight excluding hydrogens is 486 g/mol. The molecule has 0 radical (unpaired) electrons. The zero-order chi connectivity index (χ0) is 22.9. The fraction of sp³-hybridized carbons (Fsp3) is 0.364. The van der Waals surface area contributed by atoms with Crippen molar-refractivity contribution in [2.24, 2.45) is 4.99 Å². The summed E-state index contributed by atoms with van der Waals surface area (Å²) in [6.45, 7) is 2.92. The highest BCUT2D eigenvalue weighted by molar-refractivity contribution is 7.98. The molecule has 1 saturated heterocycles. The molecule has 0 N–H and O–H groups in total. The highest BCUT2D eigenvalue weighted by Crippen LogP contribution is 2.27. The molecule has 10 heteroatoms. The third kappa shape index (κ3) is 4.68. The molecule has 2 heterocycles. The summed E-state index contributed by atoms with van der Waals surface area (Å²) in [5, 5.41) is 0.625. The largest absolute Gasteiger partial charge is 0.316 e. The summed E-state index contributed by atoms with van der Waals surface area (Å²) in [6.07, 6.45) is 3.13. The van der Waals surface area contributed by atoms with Crippen LogP contribution in [0.15, 0.2) is 52.4 Å². The summed E-state index contributed by atoms with van der Waals surface area (Å²) in [5.41, 5.74) is 1.95. The fourth-order valence-electron chi connectivity index (χ4n) is 3.82. The van der Waals surface area contributed by atoms with Crippen molar-refractivity contribution in [2.75, 3.05) is 18.6 Å². The van der Waals surface area contributed by atoms with Crippen LogP contribution in [0.3, 0.4) is 0 Å². The van der Waals surface area contributed by atoms with Crippen molar-refractivity contribution in [3.05, 3.63) is 57.9 Å². The van der Waals surface area contributed by atoms with E-state index in [1.54, 1.807) is 36.0 Å². The smallest absolute Gasteiger partial charge is 0.266 e. The first-order valence-corrected chi connectivity index (χ1v) is 14.3. The SMILES string of the molecule is CSCCn1c(=NC(=O)C2CCCN2S(=O)(=O)c2ccc(C)cc2)sc2cc(Cl)ccc21. The first-order valence-electron chi connectivity index (χ1n) is 10.3. The van der Waals surface area contributed by atoms with Crippen molar-refractivity contribution < 1.29 is 13.2 Å². The number of hydrogen-bond donors (Lipinski definition) is 0. The first-order chi connectivity index (χ1) is 15.3. The molecule has 6 nitrogen and oxygen atoms in total. The number of benzene rings is 2. The van der Waals surface area contributed by atoms with E-state index in [1.807, 2.05) is 35.9 Å². The van der Waals surface area contributed by atoms with Gasteiger partial charge in [-0.25, -0.2) is 8.42 Å². The van der Waals surface area contributed by atoms with Crippen LogP contribution < -0.4 is 4.80 Å². The summed E-state index contributed by atoms with van der Waals surface area (Å²) < 4.78 is 30.7. The molecule has 2 aromatic carbocycles. The molecule has 1 unspecified atom stereocenters. The lowest BCUT2D eigenvalue weighted by Gasteiger charge is -2.21. The van der Waals surface area contributed by atoms with Crippen molar-refractivity contribution >= 4 is 60.8 Å². The molecule has 1 aliphatic heterocycles. The molecule has 0 bridgehead atoms. The third-order valence-electron chi connectivity index (χ3n) is 5.49. The van der Waals surface area contributed by atoms with E-state index in [9.17, 15) is 13.2 Å². The molecule has 0 spiro atoms. The molecule has 1 atom stereocenters. The van der Waals surface area contributed by atoms with Gasteiger partial charge >= 0.3 is 0 Å². The Kier molecular flexibility index (Phi) is 7.11. The second-order valence-corrected chi connectivity index (χ2v) is 12.0. The Hall–Kier alpha value is -1.65. The van der Waals surface area contributed by atoms with Gasteiger partial charge in [0, 0.05) is 23.9 Å². The highest BCUT2D eigenvalue weighted by atomic mass is 35.5. The monoisotopic (exact) mass is 509 g/mol. The number of aryl methyl sites for hydroxylation is 2. The second-order valence-electron chi connectivity index (χ2n) is 7.68. The fourth-order valence-corrected chi connectivity index (χ4v) is 7.17. The predicted octanol–water partition coefficient (Wildman–Crippen LogP) is 4.31. The molecule has 0 aliphatic carbocycles. The van der Waals surface area contributed by atoms with Crippen molar-refractivity contribution in [3.63, 3.8) is 0 Å². The van der Waals surface area contributed by atoms with Crippen LogP contribution in [-0.4, -0.2) is 47.8 Å². The number of thiazole rings is 1. The lowest BCUT2D eigenvalue weighted by atomic mass is 10.2. The van der Waals surface area contributed by atoms with E-state index in [0.29, 0.717) is 35.8 Å². The van der Waals surface area contributed by atoms with Crippen LogP contribution in [0.1, 0.15) is 18.4 Å². The maximum absolute atomic E-state index is 13.2. The van der Waals surface area contributed by atoms with Gasteiger partial charge in [-0.05, 0) is 56.4 Å². The Morgan fingerprint density at radius 1 is 1.25 bits per heavy atom. The van der Waals surface area contributed by atoms with Gasteiger partial charge in [0.05, 0.1) is 15.1 Å². The van der Waals surface area contributed by atoms with Gasteiger partial charge in [-0.3, -0.25) is 4.79 Å². The Morgan fingerprint density at radius 3 is 2.72 bits per heavy atom. The Bertz CT molecular complexity index is 1310. The molecule has 1 aliphatic rings.